The van der Waals surface area contributed by atoms with E-state index in [1.807, 2.05) is 60.7 Å². The molecule has 0 bridgehead atoms. The first kappa shape index (κ1) is 15.2. The highest BCUT2D eigenvalue weighted by Gasteiger charge is 2.15. The fraction of sp³-hybridized carbons (Fsp3) is 0.235. The van der Waals surface area contributed by atoms with Crippen molar-refractivity contribution < 1.29 is 5.11 Å². The van der Waals surface area contributed by atoms with E-state index in [0.717, 1.165) is 17.2 Å². The number of benzene rings is 2. The smallest absolute Gasteiger partial charge is 0.175 e. The van der Waals surface area contributed by atoms with Crippen molar-refractivity contribution in [1.82, 2.24) is 20.2 Å². The van der Waals surface area contributed by atoms with Gasteiger partial charge in [-0.2, -0.15) is 4.68 Å². The second kappa shape index (κ2) is 7.02. The normalized spacial score (nSPS) is 12.1. The maximum absolute atomic E-state index is 9.80. The lowest BCUT2D eigenvalue weighted by molar-refractivity contribution is 0.199. The first-order valence-electron chi connectivity index (χ1n) is 7.55. The second-order valence-electron chi connectivity index (χ2n) is 5.41. The Morgan fingerprint density at radius 3 is 2.35 bits per heavy atom. The molecule has 1 N–H and O–H groups in total. The van der Waals surface area contributed by atoms with Gasteiger partial charge >= 0.3 is 0 Å². The summed E-state index contributed by atoms with van der Waals surface area (Å²) in [7, 11) is 0. The quantitative estimate of drug-likeness (QED) is 0.755. The van der Waals surface area contributed by atoms with Gasteiger partial charge in [0.15, 0.2) is 5.82 Å². The number of rotatable bonds is 6. The number of aliphatic hydroxyl groups is 1. The molecule has 0 amide bonds. The monoisotopic (exact) mass is 309 g/mol. The molecule has 1 aromatic heterocycles. The molecule has 0 unspecified atom stereocenters. The van der Waals surface area contributed by atoms with Gasteiger partial charge in [-0.25, -0.2) is 0 Å². The number of hydrogen-bond donors (Lipinski definition) is 1. The Bertz CT molecular complexity index is 727. The van der Waals surface area contributed by atoms with Crippen LogP contribution in [0, 0.1) is 0 Å². The van der Waals surface area contributed by atoms with Gasteiger partial charge in [0.2, 0.25) is 0 Å². The lowest BCUT2D eigenvalue weighted by atomic mass is 10.2. The minimum absolute atomic E-state index is 0.448. The van der Waals surface area contributed by atoms with Gasteiger partial charge in [0, 0.05) is 12.2 Å². The van der Waals surface area contributed by atoms with E-state index in [9.17, 15) is 5.11 Å². The van der Waals surface area contributed by atoms with Gasteiger partial charge in [0.1, 0.15) is 0 Å². The molecule has 6 nitrogen and oxygen atoms in total. The second-order valence-corrected chi connectivity index (χ2v) is 5.41. The molecule has 1 atom stereocenters. The van der Waals surface area contributed by atoms with Crippen LogP contribution in [0.2, 0.25) is 0 Å². The fourth-order valence-electron chi connectivity index (χ4n) is 2.46. The molecule has 0 aliphatic rings. The molecule has 0 saturated heterocycles. The summed E-state index contributed by atoms with van der Waals surface area (Å²) in [5.41, 5.74) is 1.94. The van der Waals surface area contributed by atoms with Gasteiger partial charge < -0.3 is 10.0 Å². The van der Waals surface area contributed by atoms with Gasteiger partial charge in [-0.05, 0) is 41.6 Å². The van der Waals surface area contributed by atoms with Crippen LogP contribution in [-0.2, 0) is 6.54 Å². The van der Waals surface area contributed by atoms with E-state index in [1.165, 1.54) is 0 Å². The summed E-state index contributed by atoms with van der Waals surface area (Å²) in [5.74, 6) is 0.723. The Hall–Kier alpha value is -2.73. The van der Waals surface area contributed by atoms with Crippen LogP contribution in [0.3, 0.4) is 0 Å². The molecular weight excluding hydrogens is 290 g/mol. The van der Waals surface area contributed by atoms with Crippen LogP contribution in [-0.4, -0.2) is 38.0 Å². The summed E-state index contributed by atoms with van der Waals surface area (Å²) >= 11 is 0. The summed E-state index contributed by atoms with van der Waals surface area (Å²) in [6.07, 6.45) is -0.448. The highest BCUT2D eigenvalue weighted by molar-refractivity contribution is 5.46. The van der Waals surface area contributed by atoms with Crippen molar-refractivity contribution in [2.75, 3.05) is 11.4 Å². The molecule has 1 heterocycles. The lowest BCUT2D eigenvalue weighted by Crippen LogP contribution is -2.31. The highest BCUT2D eigenvalue weighted by Crippen LogP contribution is 2.17. The molecule has 2 aromatic carbocycles. The highest BCUT2D eigenvalue weighted by atomic mass is 16.3. The molecule has 0 radical (unpaired) electrons. The Kier molecular flexibility index (Phi) is 4.63. The average molecular weight is 309 g/mol. The van der Waals surface area contributed by atoms with Gasteiger partial charge in [0.05, 0.1) is 18.3 Å². The molecule has 6 heteroatoms. The maximum atomic E-state index is 9.80. The molecule has 0 aliphatic carbocycles. The average Bonchev–Trinajstić information content (AvgIpc) is 3.04. The molecule has 0 spiro atoms. The maximum Gasteiger partial charge on any atom is 0.175 e. The Balaban J connectivity index is 1.88. The molecule has 0 fully saturated rings. The first-order valence-corrected chi connectivity index (χ1v) is 7.55. The number of hydrogen-bond acceptors (Lipinski definition) is 5. The van der Waals surface area contributed by atoms with Crippen molar-refractivity contribution in [3.63, 3.8) is 0 Å². The lowest BCUT2D eigenvalue weighted by Gasteiger charge is -2.25. The molecule has 23 heavy (non-hydrogen) atoms. The molecule has 3 aromatic rings. The molecule has 0 aliphatic heterocycles. The van der Waals surface area contributed by atoms with Gasteiger partial charge in [0.25, 0.3) is 0 Å². The van der Waals surface area contributed by atoms with E-state index >= 15 is 0 Å². The van der Waals surface area contributed by atoms with Crippen molar-refractivity contribution >= 4 is 5.69 Å². The van der Waals surface area contributed by atoms with Crippen LogP contribution < -0.4 is 4.90 Å². The molecule has 0 saturated carbocycles. The summed E-state index contributed by atoms with van der Waals surface area (Å²) < 4.78 is 1.72. The van der Waals surface area contributed by atoms with Gasteiger partial charge in [-0.1, -0.05) is 36.4 Å². The number of nitrogens with zero attached hydrogens (tertiary/aromatic N) is 5. The van der Waals surface area contributed by atoms with Gasteiger partial charge in [-0.3, -0.25) is 0 Å². The van der Waals surface area contributed by atoms with E-state index in [-0.39, 0.29) is 0 Å². The summed E-state index contributed by atoms with van der Waals surface area (Å²) in [6.45, 7) is 2.79. The number of aliphatic hydroxyl groups excluding tert-OH is 1. The van der Waals surface area contributed by atoms with Crippen molar-refractivity contribution in [2.45, 2.75) is 19.6 Å². The third kappa shape index (κ3) is 3.73. The predicted molar refractivity (Wildman–Crippen MR) is 88.3 cm³/mol. The van der Waals surface area contributed by atoms with E-state index in [1.54, 1.807) is 11.6 Å². The standard InChI is InChI=1S/C17H19N5O/c1-14(23)12-21(15-8-4-2-5-9-15)13-17-18-19-20-22(17)16-10-6-3-7-11-16/h2-11,14,23H,12-13H2,1H3/t14-/m0/s1. The van der Waals surface area contributed by atoms with Crippen molar-refractivity contribution in [2.24, 2.45) is 0 Å². The zero-order chi connectivity index (χ0) is 16.1. The fourth-order valence-corrected chi connectivity index (χ4v) is 2.46. The Morgan fingerprint density at radius 1 is 1.04 bits per heavy atom. The van der Waals surface area contributed by atoms with Crippen LogP contribution in [0.4, 0.5) is 5.69 Å². The minimum Gasteiger partial charge on any atom is -0.392 e. The third-order valence-corrected chi connectivity index (χ3v) is 3.47. The Labute approximate surface area is 135 Å². The zero-order valence-electron chi connectivity index (χ0n) is 12.9. The number of para-hydroxylation sites is 2. The predicted octanol–water partition coefficient (Wildman–Crippen LogP) is 2.05. The van der Waals surface area contributed by atoms with Crippen LogP contribution in [0.25, 0.3) is 5.69 Å². The zero-order valence-corrected chi connectivity index (χ0v) is 12.9. The van der Waals surface area contributed by atoms with Crippen LogP contribution in [0.1, 0.15) is 12.7 Å². The van der Waals surface area contributed by atoms with E-state index in [0.29, 0.717) is 13.1 Å². The van der Waals surface area contributed by atoms with Crippen LogP contribution in [0.5, 0.6) is 0 Å². The van der Waals surface area contributed by atoms with Crippen molar-refractivity contribution in [1.29, 1.82) is 0 Å². The third-order valence-electron chi connectivity index (χ3n) is 3.47. The first-order chi connectivity index (χ1) is 11.2. The number of tetrazole rings is 1. The summed E-state index contributed by atoms with van der Waals surface area (Å²) in [5, 5.41) is 21.8. The summed E-state index contributed by atoms with van der Waals surface area (Å²) in [6, 6.07) is 19.7. The molecular formula is C17H19N5O. The van der Waals surface area contributed by atoms with E-state index in [2.05, 4.69) is 20.4 Å². The SMILES string of the molecule is C[C@H](O)CN(Cc1nnnn1-c1ccccc1)c1ccccc1. The Morgan fingerprint density at radius 2 is 1.70 bits per heavy atom. The van der Waals surface area contributed by atoms with Gasteiger partial charge in [-0.15, -0.1) is 5.10 Å². The van der Waals surface area contributed by atoms with Crippen molar-refractivity contribution in [3.8, 4) is 5.69 Å². The van der Waals surface area contributed by atoms with E-state index < -0.39 is 6.10 Å². The minimum atomic E-state index is -0.448. The summed E-state index contributed by atoms with van der Waals surface area (Å²) in [4.78, 5) is 2.07. The van der Waals surface area contributed by atoms with Crippen LogP contribution >= 0.6 is 0 Å². The van der Waals surface area contributed by atoms with Crippen LogP contribution in [0.15, 0.2) is 60.7 Å². The van der Waals surface area contributed by atoms with Crippen molar-refractivity contribution in [3.05, 3.63) is 66.5 Å². The number of aromatic nitrogens is 4. The molecule has 118 valence electrons. The van der Waals surface area contributed by atoms with E-state index in [4.69, 9.17) is 0 Å². The number of anilines is 1. The topological polar surface area (TPSA) is 67.1 Å². The molecule has 3 rings (SSSR count). The largest absolute Gasteiger partial charge is 0.392 e.